The lowest BCUT2D eigenvalue weighted by atomic mass is 10.1. The summed E-state index contributed by atoms with van der Waals surface area (Å²) in [6.45, 7) is 2.19. The summed E-state index contributed by atoms with van der Waals surface area (Å²) in [5.41, 5.74) is -0.185. The summed E-state index contributed by atoms with van der Waals surface area (Å²) in [5.74, 6) is -0.252. The van der Waals surface area contributed by atoms with Crippen LogP contribution >= 0.6 is 22.9 Å². The molecular formula is C21H17ClF3N3O3S. The first kappa shape index (κ1) is 22.5. The van der Waals surface area contributed by atoms with E-state index in [9.17, 15) is 28.1 Å². The number of alkyl halides is 3. The third kappa shape index (κ3) is 4.57. The Labute approximate surface area is 189 Å². The molecule has 4 rings (SSSR count). The molecule has 0 N–H and O–H groups in total. The molecule has 2 aromatic carbocycles. The highest BCUT2D eigenvalue weighted by atomic mass is 35.5. The van der Waals surface area contributed by atoms with Gasteiger partial charge in [-0.3, -0.25) is 19.8 Å². The van der Waals surface area contributed by atoms with Gasteiger partial charge in [0, 0.05) is 54.9 Å². The Balaban J connectivity index is 1.43. The van der Waals surface area contributed by atoms with Crippen LogP contribution in [-0.4, -0.2) is 46.8 Å². The van der Waals surface area contributed by atoms with E-state index in [1.54, 1.807) is 11.0 Å². The van der Waals surface area contributed by atoms with Gasteiger partial charge in [0.2, 0.25) is 0 Å². The Kier molecular flexibility index (Phi) is 6.11. The number of nitrogens with zero attached hydrogens (tertiary/aromatic N) is 3. The van der Waals surface area contributed by atoms with Gasteiger partial charge in [-0.2, -0.15) is 13.2 Å². The van der Waals surface area contributed by atoms with Crippen molar-refractivity contribution >= 4 is 44.6 Å². The molecular weight excluding hydrogens is 467 g/mol. The number of nitro groups is 1. The van der Waals surface area contributed by atoms with Crippen LogP contribution in [0.25, 0.3) is 10.1 Å². The van der Waals surface area contributed by atoms with Crippen molar-refractivity contribution < 1.29 is 22.9 Å². The van der Waals surface area contributed by atoms with Crippen molar-refractivity contribution in [3.05, 3.63) is 73.6 Å². The molecule has 168 valence electrons. The third-order valence-corrected chi connectivity index (χ3v) is 6.98. The lowest BCUT2D eigenvalue weighted by Crippen LogP contribution is -2.48. The molecule has 1 aliphatic rings. The first-order valence-electron chi connectivity index (χ1n) is 9.67. The van der Waals surface area contributed by atoms with Crippen LogP contribution in [0.4, 0.5) is 18.9 Å². The van der Waals surface area contributed by atoms with Crippen LogP contribution in [0.5, 0.6) is 0 Å². The van der Waals surface area contributed by atoms with Gasteiger partial charge in [0.05, 0.1) is 15.5 Å². The minimum atomic E-state index is -4.38. The van der Waals surface area contributed by atoms with E-state index in [0.717, 1.165) is 23.5 Å². The molecule has 0 radical (unpaired) electrons. The average Bonchev–Trinajstić information content (AvgIpc) is 3.09. The Morgan fingerprint density at radius 3 is 2.50 bits per heavy atom. The number of hydrogen-bond donors (Lipinski definition) is 0. The fourth-order valence-corrected chi connectivity index (χ4v) is 5.17. The molecule has 11 heteroatoms. The minimum absolute atomic E-state index is 0.0716. The number of carbonyl (C=O) groups excluding carboxylic acids is 1. The van der Waals surface area contributed by atoms with Crippen LogP contribution in [0.1, 0.15) is 20.8 Å². The van der Waals surface area contributed by atoms with Gasteiger partial charge in [0.15, 0.2) is 0 Å². The predicted molar refractivity (Wildman–Crippen MR) is 116 cm³/mol. The van der Waals surface area contributed by atoms with Gasteiger partial charge in [0.1, 0.15) is 4.88 Å². The number of benzene rings is 2. The molecule has 0 bridgehead atoms. The number of thiophene rings is 1. The maximum absolute atomic E-state index is 13.0. The summed E-state index contributed by atoms with van der Waals surface area (Å²) in [6.07, 6.45) is -4.38. The van der Waals surface area contributed by atoms with E-state index >= 15 is 0 Å². The molecule has 0 unspecified atom stereocenters. The number of amides is 1. The smallest absolute Gasteiger partial charge is 0.335 e. The standard InChI is InChI=1S/C21H17ClF3N3O3S/c22-18-16-5-4-15(28(30)31)11-17(16)32-19(18)20(29)27-8-6-26(7-9-27)12-13-2-1-3-14(10-13)21(23,24)25/h1-5,10-11H,6-9,12H2. The van der Waals surface area contributed by atoms with Crippen molar-refractivity contribution in [2.24, 2.45) is 0 Å². The van der Waals surface area contributed by atoms with E-state index in [2.05, 4.69) is 0 Å². The maximum atomic E-state index is 13.0. The summed E-state index contributed by atoms with van der Waals surface area (Å²) in [5, 5.41) is 11.9. The van der Waals surface area contributed by atoms with Crippen molar-refractivity contribution in [3.63, 3.8) is 0 Å². The molecule has 2 heterocycles. The number of piperazine rings is 1. The monoisotopic (exact) mass is 483 g/mol. The van der Waals surface area contributed by atoms with Gasteiger partial charge in [-0.05, 0) is 17.7 Å². The molecule has 0 spiro atoms. The van der Waals surface area contributed by atoms with Crippen LogP contribution in [0.2, 0.25) is 5.02 Å². The molecule has 1 aliphatic heterocycles. The molecule has 1 aromatic heterocycles. The van der Waals surface area contributed by atoms with E-state index < -0.39 is 16.7 Å². The van der Waals surface area contributed by atoms with Crippen LogP contribution in [0, 0.1) is 10.1 Å². The zero-order valence-electron chi connectivity index (χ0n) is 16.6. The number of fused-ring (bicyclic) bond motifs is 1. The zero-order chi connectivity index (χ0) is 23.0. The highest BCUT2D eigenvalue weighted by Gasteiger charge is 2.31. The second-order valence-corrected chi connectivity index (χ2v) is 8.88. The number of carbonyl (C=O) groups is 1. The topological polar surface area (TPSA) is 66.7 Å². The summed E-state index contributed by atoms with van der Waals surface area (Å²) >= 11 is 7.50. The van der Waals surface area contributed by atoms with Crippen molar-refractivity contribution in [1.29, 1.82) is 0 Å². The summed E-state index contributed by atoms with van der Waals surface area (Å²) in [6, 6.07) is 9.53. The SMILES string of the molecule is O=C(c1sc2cc([N+](=O)[O-])ccc2c1Cl)N1CCN(Cc2cccc(C(F)(F)F)c2)CC1. The molecule has 0 saturated carbocycles. The Bertz CT molecular complexity index is 1190. The number of hydrogen-bond acceptors (Lipinski definition) is 5. The fourth-order valence-electron chi connectivity index (χ4n) is 3.66. The van der Waals surface area contributed by atoms with E-state index in [-0.39, 0.29) is 16.6 Å². The quantitative estimate of drug-likeness (QED) is 0.366. The summed E-state index contributed by atoms with van der Waals surface area (Å²) < 4.78 is 39.3. The Hall–Kier alpha value is -2.69. The molecule has 1 amide bonds. The second kappa shape index (κ2) is 8.68. The predicted octanol–water partition coefficient (Wildman–Crippen LogP) is 5.44. The van der Waals surface area contributed by atoms with Gasteiger partial charge >= 0.3 is 6.18 Å². The first-order chi connectivity index (χ1) is 15.1. The van der Waals surface area contributed by atoms with Gasteiger partial charge in [0.25, 0.3) is 11.6 Å². The van der Waals surface area contributed by atoms with Crippen molar-refractivity contribution in [2.75, 3.05) is 26.2 Å². The van der Waals surface area contributed by atoms with E-state index in [0.29, 0.717) is 53.3 Å². The maximum Gasteiger partial charge on any atom is 0.416 e. The van der Waals surface area contributed by atoms with Gasteiger partial charge in [-0.25, -0.2) is 0 Å². The number of halogens is 4. The lowest BCUT2D eigenvalue weighted by Gasteiger charge is -2.34. The van der Waals surface area contributed by atoms with Gasteiger partial charge in [-0.1, -0.05) is 29.8 Å². The van der Waals surface area contributed by atoms with Crippen molar-refractivity contribution in [1.82, 2.24) is 9.80 Å². The van der Waals surface area contributed by atoms with Crippen LogP contribution < -0.4 is 0 Å². The van der Waals surface area contributed by atoms with Crippen molar-refractivity contribution in [2.45, 2.75) is 12.7 Å². The molecule has 0 atom stereocenters. The highest BCUT2D eigenvalue weighted by Crippen LogP contribution is 2.38. The van der Waals surface area contributed by atoms with Crippen LogP contribution in [0.3, 0.4) is 0 Å². The van der Waals surface area contributed by atoms with Gasteiger partial charge < -0.3 is 4.90 Å². The van der Waals surface area contributed by atoms with Gasteiger partial charge in [-0.15, -0.1) is 11.3 Å². The summed E-state index contributed by atoms with van der Waals surface area (Å²) in [4.78, 5) is 27.5. The van der Waals surface area contributed by atoms with E-state index in [4.69, 9.17) is 11.6 Å². The van der Waals surface area contributed by atoms with E-state index in [1.807, 2.05) is 4.90 Å². The van der Waals surface area contributed by atoms with Crippen LogP contribution in [0.15, 0.2) is 42.5 Å². The van der Waals surface area contributed by atoms with Crippen LogP contribution in [-0.2, 0) is 12.7 Å². The Morgan fingerprint density at radius 1 is 1.12 bits per heavy atom. The second-order valence-electron chi connectivity index (χ2n) is 7.45. The molecule has 0 aliphatic carbocycles. The third-order valence-electron chi connectivity index (χ3n) is 5.34. The normalized spacial score (nSPS) is 15.3. The number of nitro benzene ring substituents is 1. The molecule has 6 nitrogen and oxygen atoms in total. The lowest BCUT2D eigenvalue weighted by molar-refractivity contribution is -0.384. The molecule has 1 fully saturated rings. The zero-order valence-corrected chi connectivity index (χ0v) is 18.1. The van der Waals surface area contributed by atoms with E-state index in [1.165, 1.54) is 24.3 Å². The molecule has 3 aromatic rings. The number of non-ortho nitro benzene ring substituents is 1. The largest absolute Gasteiger partial charge is 0.416 e. The molecule has 1 saturated heterocycles. The highest BCUT2D eigenvalue weighted by molar-refractivity contribution is 7.21. The minimum Gasteiger partial charge on any atom is -0.335 e. The first-order valence-corrected chi connectivity index (χ1v) is 10.9. The summed E-state index contributed by atoms with van der Waals surface area (Å²) in [7, 11) is 0. The number of rotatable bonds is 4. The van der Waals surface area contributed by atoms with Crippen molar-refractivity contribution in [3.8, 4) is 0 Å². The average molecular weight is 484 g/mol. The molecule has 32 heavy (non-hydrogen) atoms. The fraction of sp³-hybridized carbons (Fsp3) is 0.286. The Morgan fingerprint density at radius 2 is 1.84 bits per heavy atom.